The summed E-state index contributed by atoms with van der Waals surface area (Å²) in [7, 11) is 0. The number of hydrogen-bond donors (Lipinski definition) is 2. The number of nitrogens with one attached hydrogen (secondary N) is 1. The molecule has 120 valence electrons. The zero-order chi connectivity index (χ0) is 16.6. The highest BCUT2D eigenvalue weighted by molar-refractivity contribution is 5.86. The van der Waals surface area contributed by atoms with Gasteiger partial charge in [-0.25, -0.2) is 0 Å². The molecule has 1 aromatic rings. The van der Waals surface area contributed by atoms with Crippen LogP contribution in [0.15, 0.2) is 24.5 Å². The lowest BCUT2D eigenvalue weighted by Gasteiger charge is -2.44. The van der Waals surface area contributed by atoms with E-state index in [1.807, 2.05) is 32.9 Å². The first-order valence-electron chi connectivity index (χ1n) is 7.56. The van der Waals surface area contributed by atoms with E-state index >= 15 is 0 Å². The molecule has 1 aliphatic carbocycles. The van der Waals surface area contributed by atoms with Crippen LogP contribution in [0.25, 0.3) is 0 Å². The summed E-state index contributed by atoms with van der Waals surface area (Å²) in [6.45, 7) is 7.80. The van der Waals surface area contributed by atoms with Crippen LogP contribution in [0.1, 0.15) is 46.1 Å². The Morgan fingerprint density at radius 2 is 1.86 bits per heavy atom. The van der Waals surface area contributed by atoms with Crippen molar-refractivity contribution in [2.75, 3.05) is 0 Å². The molecule has 2 rings (SSSR count). The van der Waals surface area contributed by atoms with Gasteiger partial charge in [0.05, 0.1) is 10.8 Å². The molecule has 1 saturated carbocycles. The molecule has 2 atom stereocenters. The van der Waals surface area contributed by atoms with Crippen molar-refractivity contribution in [3.05, 3.63) is 30.1 Å². The first-order chi connectivity index (χ1) is 10.1. The maximum Gasteiger partial charge on any atom is 0.309 e. The Bertz CT molecular complexity index is 585. The van der Waals surface area contributed by atoms with E-state index in [4.69, 9.17) is 0 Å². The molecular formula is C17H24N2O3. The minimum atomic E-state index is -0.895. The summed E-state index contributed by atoms with van der Waals surface area (Å²) in [5.41, 5.74) is -1.31. The van der Waals surface area contributed by atoms with Crippen molar-refractivity contribution in [2.45, 2.75) is 47.1 Å². The topological polar surface area (TPSA) is 79.3 Å². The molecular weight excluding hydrogens is 280 g/mol. The molecule has 0 saturated heterocycles. The number of rotatable bonds is 4. The maximum atomic E-state index is 12.7. The summed E-state index contributed by atoms with van der Waals surface area (Å²) in [6, 6.07) is 3.72. The number of carbonyl (C=O) groups is 2. The summed E-state index contributed by atoms with van der Waals surface area (Å²) in [4.78, 5) is 28.5. The van der Waals surface area contributed by atoms with E-state index in [2.05, 4.69) is 10.3 Å². The van der Waals surface area contributed by atoms with Gasteiger partial charge in [0.25, 0.3) is 0 Å². The average molecular weight is 304 g/mol. The van der Waals surface area contributed by atoms with Crippen molar-refractivity contribution in [2.24, 2.45) is 16.2 Å². The molecule has 0 radical (unpaired) electrons. The van der Waals surface area contributed by atoms with E-state index in [1.54, 1.807) is 19.3 Å². The monoisotopic (exact) mass is 304 g/mol. The van der Waals surface area contributed by atoms with Gasteiger partial charge in [0, 0.05) is 18.9 Å². The number of hydrogen-bond acceptors (Lipinski definition) is 3. The molecule has 2 unspecified atom stereocenters. The molecule has 0 aliphatic heterocycles. The highest BCUT2D eigenvalue weighted by atomic mass is 16.4. The number of carbonyl (C=O) groups excluding carboxylic acids is 1. The minimum absolute atomic E-state index is 0.0914. The van der Waals surface area contributed by atoms with Crippen LogP contribution >= 0.6 is 0 Å². The molecule has 1 aliphatic rings. The van der Waals surface area contributed by atoms with Gasteiger partial charge >= 0.3 is 5.97 Å². The highest BCUT2D eigenvalue weighted by Gasteiger charge is 2.64. The van der Waals surface area contributed by atoms with Crippen LogP contribution in [-0.2, 0) is 16.1 Å². The Kier molecular flexibility index (Phi) is 4.02. The average Bonchev–Trinajstić information content (AvgIpc) is 2.68. The Hall–Kier alpha value is -1.91. The number of pyridine rings is 1. The number of carboxylic acids is 1. The van der Waals surface area contributed by atoms with Crippen molar-refractivity contribution >= 4 is 11.9 Å². The number of carboxylic acid groups (broad SMARTS) is 1. The van der Waals surface area contributed by atoms with E-state index in [0.717, 1.165) is 5.56 Å². The van der Waals surface area contributed by atoms with Crippen LogP contribution in [0.3, 0.4) is 0 Å². The van der Waals surface area contributed by atoms with Crippen LogP contribution in [0.2, 0.25) is 0 Å². The Morgan fingerprint density at radius 1 is 1.23 bits per heavy atom. The molecule has 1 fully saturated rings. The predicted octanol–water partition coefficient (Wildman–Crippen LogP) is 2.62. The van der Waals surface area contributed by atoms with Gasteiger partial charge in [-0.3, -0.25) is 14.6 Å². The summed E-state index contributed by atoms with van der Waals surface area (Å²) in [6.07, 6.45) is 4.47. The summed E-state index contributed by atoms with van der Waals surface area (Å²) >= 11 is 0. The molecule has 1 aromatic heterocycles. The van der Waals surface area contributed by atoms with Crippen LogP contribution in [-0.4, -0.2) is 22.0 Å². The van der Waals surface area contributed by atoms with E-state index in [9.17, 15) is 14.7 Å². The third-order valence-corrected chi connectivity index (χ3v) is 6.03. The smallest absolute Gasteiger partial charge is 0.309 e. The summed E-state index contributed by atoms with van der Waals surface area (Å²) in [5.74, 6) is -0.924. The number of aromatic nitrogens is 1. The summed E-state index contributed by atoms with van der Waals surface area (Å²) in [5, 5.41) is 12.5. The van der Waals surface area contributed by atoms with E-state index < -0.39 is 22.2 Å². The van der Waals surface area contributed by atoms with Crippen LogP contribution in [0.5, 0.6) is 0 Å². The highest BCUT2D eigenvalue weighted by Crippen LogP contribution is 2.62. The second-order valence-electron chi connectivity index (χ2n) is 7.14. The Labute approximate surface area is 131 Å². The minimum Gasteiger partial charge on any atom is -0.481 e. The van der Waals surface area contributed by atoms with E-state index in [0.29, 0.717) is 19.4 Å². The van der Waals surface area contributed by atoms with Gasteiger partial charge in [0.15, 0.2) is 0 Å². The molecule has 2 N–H and O–H groups in total. The zero-order valence-corrected chi connectivity index (χ0v) is 13.6. The van der Waals surface area contributed by atoms with Crippen molar-refractivity contribution in [3.63, 3.8) is 0 Å². The quantitative estimate of drug-likeness (QED) is 0.896. The van der Waals surface area contributed by atoms with Crippen molar-refractivity contribution in [3.8, 4) is 0 Å². The van der Waals surface area contributed by atoms with Gasteiger partial charge in [-0.2, -0.15) is 0 Å². The second kappa shape index (κ2) is 5.38. The van der Waals surface area contributed by atoms with Crippen LogP contribution in [0.4, 0.5) is 0 Å². The molecule has 22 heavy (non-hydrogen) atoms. The van der Waals surface area contributed by atoms with E-state index in [1.165, 1.54) is 0 Å². The predicted molar refractivity (Wildman–Crippen MR) is 82.9 cm³/mol. The fourth-order valence-corrected chi connectivity index (χ4v) is 3.39. The first kappa shape index (κ1) is 16.5. The molecule has 0 aromatic carbocycles. The lowest BCUT2D eigenvalue weighted by Crippen LogP contribution is -2.51. The van der Waals surface area contributed by atoms with Crippen molar-refractivity contribution < 1.29 is 14.7 Å². The van der Waals surface area contributed by atoms with Gasteiger partial charge in [0.1, 0.15) is 0 Å². The normalized spacial score (nSPS) is 30.0. The Balaban J connectivity index is 2.17. The molecule has 5 heteroatoms. The lowest BCUT2D eigenvalue weighted by atomic mass is 9.59. The van der Waals surface area contributed by atoms with Gasteiger partial charge < -0.3 is 10.4 Å². The summed E-state index contributed by atoms with van der Waals surface area (Å²) < 4.78 is 0. The number of nitrogens with zero attached hydrogens (tertiary/aromatic N) is 1. The van der Waals surface area contributed by atoms with Gasteiger partial charge in [-0.15, -0.1) is 0 Å². The van der Waals surface area contributed by atoms with E-state index in [-0.39, 0.29) is 5.91 Å². The van der Waals surface area contributed by atoms with Gasteiger partial charge in [-0.05, 0) is 36.8 Å². The molecule has 5 nitrogen and oxygen atoms in total. The second-order valence-corrected chi connectivity index (χ2v) is 7.14. The Morgan fingerprint density at radius 3 is 2.36 bits per heavy atom. The third-order valence-electron chi connectivity index (χ3n) is 6.03. The maximum absolute atomic E-state index is 12.7. The fraction of sp³-hybridized carbons (Fsp3) is 0.588. The number of amides is 1. The fourth-order valence-electron chi connectivity index (χ4n) is 3.39. The van der Waals surface area contributed by atoms with Crippen LogP contribution in [0, 0.1) is 16.2 Å². The van der Waals surface area contributed by atoms with Crippen molar-refractivity contribution in [1.29, 1.82) is 0 Å². The third kappa shape index (κ3) is 2.28. The first-order valence-corrected chi connectivity index (χ1v) is 7.56. The van der Waals surface area contributed by atoms with Crippen LogP contribution < -0.4 is 5.32 Å². The van der Waals surface area contributed by atoms with Crippen molar-refractivity contribution in [1.82, 2.24) is 10.3 Å². The molecule has 1 amide bonds. The molecule has 1 heterocycles. The largest absolute Gasteiger partial charge is 0.481 e. The van der Waals surface area contributed by atoms with Gasteiger partial charge in [-0.1, -0.05) is 26.8 Å². The van der Waals surface area contributed by atoms with Gasteiger partial charge in [0.2, 0.25) is 5.91 Å². The molecule has 0 bridgehead atoms. The number of aliphatic carboxylic acids is 1. The standard InChI is InChI=1S/C17H24N2O3/c1-15(2)16(3,7-8-17(15,4)14(21)22)13(20)19-11-12-6-5-9-18-10-12/h5-6,9-10H,7-8,11H2,1-4H3,(H,19,20)(H,21,22). The lowest BCUT2D eigenvalue weighted by molar-refractivity contribution is -0.158. The zero-order valence-electron chi connectivity index (χ0n) is 13.6. The SMILES string of the molecule is CC1(C(=O)O)CCC(C)(C(=O)NCc2cccnc2)C1(C)C. The molecule has 0 spiro atoms.